The number of thioether (sulfide) groups is 2. The smallest absolute Gasteiger partial charge is 0.358 e. The van der Waals surface area contributed by atoms with Crippen molar-refractivity contribution in [3.63, 3.8) is 0 Å². The first-order chi connectivity index (χ1) is 40.3. The summed E-state index contributed by atoms with van der Waals surface area (Å²) in [7, 11) is -1.00. The second kappa shape index (κ2) is 29.9. The Bertz CT molecular complexity index is 2810. The summed E-state index contributed by atoms with van der Waals surface area (Å²) in [5.74, 6) is -6.56. The average Bonchev–Trinajstić information content (AvgIpc) is 1.81. The number of ether oxygens (including phenoxy) is 2. The van der Waals surface area contributed by atoms with Crippen LogP contribution in [-0.4, -0.2) is 159 Å². The van der Waals surface area contributed by atoms with Gasteiger partial charge in [-0.05, 0) is 127 Å². The van der Waals surface area contributed by atoms with Crippen LogP contribution < -0.4 is 11.1 Å². The van der Waals surface area contributed by atoms with Gasteiger partial charge in [0.05, 0.1) is 49.4 Å². The number of nitrogens with one attached hydrogen (secondary N) is 1. The van der Waals surface area contributed by atoms with Crippen molar-refractivity contribution in [1.29, 1.82) is 0 Å². The Balaban J connectivity index is 0.000000210. The summed E-state index contributed by atoms with van der Waals surface area (Å²) in [5, 5.41) is 40.6. The van der Waals surface area contributed by atoms with Gasteiger partial charge in [0.25, 0.3) is 11.8 Å². The molecule has 0 bridgehead atoms. The maximum absolute atomic E-state index is 13.4. The molecule has 7 aliphatic rings. The number of carboxylic acids is 2. The molecule has 2 aromatic rings. The molecule has 5 aliphatic heterocycles. The van der Waals surface area contributed by atoms with Crippen molar-refractivity contribution in [3.8, 4) is 11.5 Å². The maximum Gasteiger partial charge on any atom is 0.358 e. The molecule has 10 atom stereocenters. The third-order valence-corrected chi connectivity index (χ3v) is 18.6. The van der Waals surface area contributed by atoms with Gasteiger partial charge >= 0.3 is 17.9 Å². The number of hydrogen-bond donors (Lipinski definition) is 6. The predicted octanol–water partition coefficient (Wildman–Crippen LogP) is 6.38. The number of amides is 5. The van der Waals surface area contributed by atoms with Gasteiger partial charge in [-0.3, -0.25) is 38.0 Å². The van der Waals surface area contributed by atoms with Gasteiger partial charge in [-0.1, -0.05) is 48.6 Å². The number of aromatic hydroxyl groups is 2. The van der Waals surface area contributed by atoms with E-state index in [1.807, 2.05) is 0 Å². The van der Waals surface area contributed by atoms with Gasteiger partial charge in [0, 0.05) is 35.2 Å². The number of carbonyl (C=O) groups excluding carboxylic acids is 8. The number of aliphatic carboxylic acids is 2. The zero-order valence-electron chi connectivity index (χ0n) is 48.4. The number of allylic oxidation sites excluding steroid dienone is 4. The normalized spacial score (nSPS) is 27.1. The number of halogens is 1. The van der Waals surface area contributed by atoms with Crippen LogP contribution in [0.15, 0.2) is 72.8 Å². The molecule has 84 heavy (non-hydrogen) atoms. The molecule has 0 spiro atoms. The Labute approximate surface area is 496 Å². The average molecular weight is 1210 g/mol. The zero-order chi connectivity index (χ0) is 62.3. The van der Waals surface area contributed by atoms with Crippen LogP contribution in [0.2, 0.25) is 0 Å². The Hall–Kier alpha value is -6.67. The largest absolute Gasteiger partial charge is 0.508 e. The van der Waals surface area contributed by atoms with Crippen molar-refractivity contribution in [2.75, 3.05) is 20.4 Å². The van der Waals surface area contributed by atoms with Crippen molar-refractivity contribution in [2.24, 2.45) is 17.6 Å². The summed E-state index contributed by atoms with van der Waals surface area (Å²) in [6, 6.07) is 8.30. The number of benzene rings is 2. The van der Waals surface area contributed by atoms with Crippen molar-refractivity contribution >= 4 is 82.5 Å². The molecule has 22 nitrogen and oxygen atoms in total. The number of phenols is 2. The number of β-lactam (4-membered cyclic amide) rings is 2. The number of alkyl halides is 1. The first-order valence-electron chi connectivity index (χ1n) is 28.6. The summed E-state index contributed by atoms with van der Waals surface area (Å²) < 4.78 is 25.6. The van der Waals surface area contributed by atoms with Gasteiger partial charge in [0.15, 0.2) is 11.6 Å². The number of phenolic OH excluding ortho intramolecular Hbond substituents is 2. The molecule has 0 saturated carbocycles. The highest BCUT2D eigenvalue weighted by Gasteiger charge is 2.65. The van der Waals surface area contributed by atoms with Crippen LogP contribution in [0.25, 0.3) is 0 Å². The summed E-state index contributed by atoms with van der Waals surface area (Å²) in [6.45, 7) is 6.75. The van der Waals surface area contributed by atoms with Crippen LogP contribution in [0.4, 0.5) is 4.39 Å². The van der Waals surface area contributed by atoms with Crippen molar-refractivity contribution < 1.29 is 88.4 Å². The number of imide groups is 1. The summed E-state index contributed by atoms with van der Waals surface area (Å²) in [5.41, 5.74) is 7.02. The monoisotopic (exact) mass is 1210 g/mol. The van der Waals surface area contributed by atoms with E-state index in [0.717, 1.165) is 64.2 Å². The van der Waals surface area contributed by atoms with E-state index in [0.29, 0.717) is 16.2 Å². The van der Waals surface area contributed by atoms with Crippen molar-refractivity contribution in [2.45, 2.75) is 174 Å². The van der Waals surface area contributed by atoms with Crippen LogP contribution in [0.3, 0.4) is 0 Å². The van der Waals surface area contributed by atoms with Gasteiger partial charge in [0.1, 0.15) is 42.8 Å². The molecule has 5 saturated heterocycles. The van der Waals surface area contributed by atoms with E-state index < -0.39 is 93.7 Å². The number of hydrogen-bond acceptors (Lipinski definition) is 18. The molecule has 9 rings (SSSR count). The third kappa shape index (κ3) is 16.6. The lowest BCUT2D eigenvalue weighted by Gasteiger charge is -2.43. The zero-order valence-corrected chi connectivity index (χ0v) is 49.1. The fourth-order valence-electron chi connectivity index (χ4n) is 11.1. The van der Waals surface area contributed by atoms with Crippen LogP contribution in [-0.2, 0) is 62.3 Å². The molecule has 5 fully saturated rings. The SMILES string of the molecule is CC1(C)S[C@@H]2[C@H](CC(=O)[C@H](N)c3ccc(O)cc3)C(=O)N2[C@H]1C(=O)O.CC1(C)S[C@@H]2[C@H](CC(=O)[C@H](NC(=O)COC3CC/C=C/CCC3)c3ccc(O)cc3)C(=O)N2[C@H]1C(=O)O.O=C(COC1CC/C=C/CCC1)ON1C(=O)CCC1=O.[2H]CF. The summed E-state index contributed by atoms with van der Waals surface area (Å²) in [4.78, 5) is 129. The minimum Gasteiger partial charge on any atom is -0.508 e. The van der Waals surface area contributed by atoms with Gasteiger partial charge in [-0.25, -0.2) is 14.4 Å². The highest BCUT2D eigenvalue weighted by atomic mass is 32.2. The second-order valence-corrected chi connectivity index (χ2v) is 25.8. The van der Waals surface area contributed by atoms with E-state index in [1.54, 1.807) is 52.0 Å². The first-order valence-corrected chi connectivity index (χ1v) is 29.6. The maximum atomic E-state index is 13.4. The molecule has 458 valence electrons. The Morgan fingerprint density at radius 1 is 0.667 bits per heavy atom. The highest BCUT2D eigenvalue weighted by Crippen LogP contribution is 2.55. The minimum atomic E-state index is -1.06. The van der Waals surface area contributed by atoms with Crippen LogP contribution in [0.5, 0.6) is 11.5 Å². The van der Waals surface area contributed by atoms with Crippen molar-refractivity contribution in [3.05, 3.63) is 84.0 Å². The van der Waals surface area contributed by atoms with Gasteiger partial charge in [-0.15, -0.1) is 28.6 Å². The molecular formula is C59H76FN5O17S2. The molecule has 2 unspecified atom stereocenters. The predicted molar refractivity (Wildman–Crippen MR) is 306 cm³/mol. The summed E-state index contributed by atoms with van der Waals surface area (Å²) >= 11 is 2.80. The van der Waals surface area contributed by atoms with E-state index >= 15 is 0 Å². The molecular weight excluding hydrogens is 1130 g/mol. The number of ketones is 2. The van der Waals surface area contributed by atoms with Gasteiger partial charge < -0.3 is 55.6 Å². The van der Waals surface area contributed by atoms with E-state index in [4.69, 9.17) is 21.4 Å². The van der Waals surface area contributed by atoms with E-state index in [-0.39, 0.29) is 91.4 Å². The number of Topliss-reactive ketones (excluding diaryl/α,β-unsaturated/α-hetero) is 2. The molecule has 0 aromatic heterocycles. The minimum absolute atomic E-state index is 0.0164. The summed E-state index contributed by atoms with van der Waals surface area (Å²) in [6.07, 6.45) is 18.0. The van der Waals surface area contributed by atoms with Crippen LogP contribution in [0.1, 0.15) is 142 Å². The Morgan fingerprint density at radius 2 is 1.08 bits per heavy atom. The Morgan fingerprint density at radius 3 is 1.54 bits per heavy atom. The third-order valence-electron chi connectivity index (χ3n) is 15.4. The van der Waals surface area contributed by atoms with Crippen LogP contribution in [0, 0.1) is 11.8 Å². The molecule has 0 radical (unpaired) electrons. The number of fused-ring (bicyclic) bond motifs is 2. The molecule has 2 aromatic carbocycles. The number of hydroxylamine groups is 2. The number of carbonyl (C=O) groups is 10. The quantitative estimate of drug-likeness (QED) is 0.0536. The fourth-order valence-corrected chi connectivity index (χ4v) is 14.4. The Kier molecular flexibility index (Phi) is 23.1. The number of nitrogens with zero attached hydrogens (tertiary/aromatic N) is 3. The topological polar surface area (TPSA) is 327 Å². The van der Waals surface area contributed by atoms with Gasteiger partial charge in [0.2, 0.25) is 17.7 Å². The molecule has 5 amide bonds. The number of rotatable bonds is 18. The fraction of sp³-hybridized carbons (Fsp3) is 0.559. The molecule has 7 N–H and O–H groups in total. The first kappa shape index (κ1) is 64.9. The molecule has 5 heterocycles. The second-order valence-electron chi connectivity index (χ2n) is 22.3. The van der Waals surface area contributed by atoms with E-state index in [2.05, 4.69) is 29.6 Å². The number of nitrogens with two attached hydrogens (primary N) is 1. The van der Waals surface area contributed by atoms with E-state index in [9.17, 15) is 72.8 Å². The lowest BCUT2D eigenvalue weighted by Crippen LogP contribution is -2.63. The van der Waals surface area contributed by atoms with Gasteiger partial charge in [-0.2, -0.15) is 0 Å². The number of carboxylic acid groups (broad SMARTS) is 2. The lowest BCUT2D eigenvalue weighted by molar-refractivity contribution is -0.201. The molecule has 25 heteroatoms. The van der Waals surface area contributed by atoms with Crippen LogP contribution >= 0.6 is 23.5 Å². The standard InChI is InChI=1S/C27H34N2O7S.C17H20N2O5S.C14H19NO5.CH3F/c1-27(2)23(26(34)35)29-24(33)19(25(29)37-27)14-20(31)22(16-10-12-17(30)13-11-16)28-21(32)15-36-18-8-6-4-3-5-7-9-18;1-17(2)13(16(23)24)19-14(22)10(15(19)25-17)7-11(21)12(18)8-3-5-9(20)6-4-8;16-12-8-9-13(17)15(12)20-14(18)10-19-11-6-4-2-1-3-5-7-11;1-2/h3-4,10-13,18-19,22-23,25,30H,5-9,14-15H2,1-2H3,(H,28,32)(H,34,35);3-6,10,12-13,15,20H,7,18H2,1-2H3,(H,23,24);1-2,11H,3-10H2;1H3/b4-3+;;2-1+;/t18?,19-,22-,23+,25-;10-,12-,13+,15-;;/m11../s1/i;;;1D. The molecule has 2 aliphatic carbocycles. The lowest BCUT2D eigenvalue weighted by atomic mass is 9.86. The van der Waals surface area contributed by atoms with E-state index in [1.165, 1.54) is 57.6 Å². The highest BCUT2D eigenvalue weighted by molar-refractivity contribution is 8.02. The van der Waals surface area contributed by atoms with Crippen molar-refractivity contribution in [1.82, 2.24) is 20.2 Å².